The zero-order valence-corrected chi connectivity index (χ0v) is 10.3. The van der Waals surface area contributed by atoms with Gasteiger partial charge in [-0.2, -0.15) is 0 Å². The van der Waals surface area contributed by atoms with E-state index in [-0.39, 0.29) is 12.0 Å². The van der Waals surface area contributed by atoms with E-state index in [1.165, 1.54) is 19.3 Å². The van der Waals surface area contributed by atoms with E-state index in [2.05, 4.69) is 33.0 Å². The van der Waals surface area contributed by atoms with Crippen molar-refractivity contribution in [2.24, 2.45) is 5.41 Å². The second kappa shape index (κ2) is 7.24. The van der Waals surface area contributed by atoms with Crippen LogP contribution >= 0.6 is 0 Å². The molecule has 2 N–H and O–H groups in total. The van der Waals surface area contributed by atoms with Gasteiger partial charge in [-0.25, -0.2) is 0 Å². The quantitative estimate of drug-likeness (QED) is 0.632. The second-order valence-electron chi connectivity index (χ2n) is 4.60. The molecular weight excluding hydrogens is 174 g/mol. The van der Waals surface area contributed by atoms with Crippen molar-refractivity contribution < 1.29 is 5.11 Å². The minimum atomic E-state index is 0.0567. The summed E-state index contributed by atoms with van der Waals surface area (Å²) in [4.78, 5) is 0. The van der Waals surface area contributed by atoms with E-state index in [0.717, 1.165) is 13.0 Å². The van der Waals surface area contributed by atoms with Gasteiger partial charge in [-0.1, -0.05) is 34.1 Å². The summed E-state index contributed by atoms with van der Waals surface area (Å²) >= 11 is 0. The highest BCUT2D eigenvalue weighted by molar-refractivity contribution is 4.76. The standard InChI is InChI=1S/C12H27NO/c1-5-8-11(6-2)13-9-12(4,7-3)10-14/h11,13-14H,5-10H2,1-4H3. The van der Waals surface area contributed by atoms with Gasteiger partial charge < -0.3 is 10.4 Å². The van der Waals surface area contributed by atoms with E-state index in [1.807, 2.05) is 0 Å². The molecule has 2 nitrogen and oxygen atoms in total. The van der Waals surface area contributed by atoms with Gasteiger partial charge in [-0.3, -0.25) is 0 Å². The number of nitrogens with one attached hydrogen (secondary N) is 1. The first-order valence-electron chi connectivity index (χ1n) is 5.96. The molecule has 2 unspecified atom stereocenters. The molecular formula is C12H27NO. The fraction of sp³-hybridized carbons (Fsp3) is 1.00. The fourth-order valence-corrected chi connectivity index (χ4v) is 1.48. The molecule has 2 atom stereocenters. The lowest BCUT2D eigenvalue weighted by Crippen LogP contribution is -2.39. The largest absolute Gasteiger partial charge is 0.396 e. The zero-order valence-electron chi connectivity index (χ0n) is 10.3. The highest BCUT2D eigenvalue weighted by Crippen LogP contribution is 2.19. The zero-order chi connectivity index (χ0) is 11.0. The van der Waals surface area contributed by atoms with Crippen molar-refractivity contribution in [1.29, 1.82) is 0 Å². The summed E-state index contributed by atoms with van der Waals surface area (Å²) in [5, 5.41) is 12.8. The van der Waals surface area contributed by atoms with E-state index in [0.29, 0.717) is 6.04 Å². The van der Waals surface area contributed by atoms with Crippen LogP contribution in [0.5, 0.6) is 0 Å². The molecule has 86 valence electrons. The number of aliphatic hydroxyl groups excluding tert-OH is 1. The molecule has 0 aliphatic carbocycles. The van der Waals surface area contributed by atoms with Crippen molar-refractivity contribution in [2.45, 2.75) is 59.4 Å². The first kappa shape index (κ1) is 13.9. The predicted molar refractivity (Wildman–Crippen MR) is 62.5 cm³/mol. The number of aliphatic hydroxyl groups is 1. The average molecular weight is 201 g/mol. The van der Waals surface area contributed by atoms with Crippen molar-refractivity contribution in [1.82, 2.24) is 5.32 Å². The summed E-state index contributed by atoms with van der Waals surface area (Å²) in [5.41, 5.74) is 0.0567. The van der Waals surface area contributed by atoms with E-state index in [1.54, 1.807) is 0 Å². The molecule has 0 amide bonds. The maximum Gasteiger partial charge on any atom is 0.0496 e. The normalized spacial score (nSPS) is 17.8. The van der Waals surface area contributed by atoms with Crippen LogP contribution in [0.3, 0.4) is 0 Å². The van der Waals surface area contributed by atoms with Gasteiger partial charge >= 0.3 is 0 Å². The molecule has 14 heavy (non-hydrogen) atoms. The lowest BCUT2D eigenvalue weighted by Gasteiger charge is -2.28. The molecule has 0 rings (SSSR count). The van der Waals surface area contributed by atoms with E-state index < -0.39 is 0 Å². The molecule has 0 aromatic rings. The minimum Gasteiger partial charge on any atom is -0.396 e. The molecule has 0 aromatic heterocycles. The van der Waals surface area contributed by atoms with E-state index >= 15 is 0 Å². The van der Waals surface area contributed by atoms with Gasteiger partial charge in [0.05, 0.1) is 0 Å². The highest BCUT2D eigenvalue weighted by Gasteiger charge is 2.21. The molecule has 0 aliphatic rings. The second-order valence-corrected chi connectivity index (χ2v) is 4.60. The van der Waals surface area contributed by atoms with Gasteiger partial charge in [0, 0.05) is 24.6 Å². The molecule has 0 aromatic carbocycles. The molecule has 2 heteroatoms. The van der Waals surface area contributed by atoms with Gasteiger partial charge in [0.2, 0.25) is 0 Å². The van der Waals surface area contributed by atoms with Crippen molar-refractivity contribution in [3.05, 3.63) is 0 Å². The topological polar surface area (TPSA) is 32.3 Å². The Labute approximate surface area is 89.1 Å². The monoisotopic (exact) mass is 201 g/mol. The van der Waals surface area contributed by atoms with Crippen LogP contribution in [0.1, 0.15) is 53.4 Å². The summed E-state index contributed by atoms with van der Waals surface area (Å²) in [6.07, 6.45) is 4.67. The van der Waals surface area contributed by atoms with Crippen LogP contribution in [-0.4, -0.2) is 24.3 Å². The molecule has 0 spiro atoms. The third-order valence-corrected chi connectivity index (χ3v) is 3.18. The molecule has 0 aliphatic heterocycles. The minimum absolute atomic E-state index is 0.0567. The summed E-state index contributed by atoms with van der Waals surface area (Å²) in [7, 11) is 0. The van der Waals surface area contributed by atoms with Crippen LogP contribution < -0.4 is 5.32 Å². The fourth-order valence-electron chi connectivity index (χ4n) is 1.48. The van der Waals surface area contributed by atoms with Crippen LogP contribution in [0, 0.1) is 5.41 Å². The molecule has 0 saturated carbocycles. The molecule has 0 heterocycles. The lowest BCUT2D eigenvalue weighted by molar-refractivity contribution is 0.131. The summed E-state index contributed by atoms with van der Waals surface area (Å²) in [5.74, 6) is 0. The van der Waals surface area contributed by atoms with E-state index in [9.17, 15) is 5.11 Å². The average Bonchev–Trinajstić information content (AvgIpc) is 2.23. The number of hydrogen-bond donors (Lipinski definition) is 2. The summed E-state index contributed by atoms with van der Waals surface area (Å²) in [6, 6.07) is 0.623. The number of rotatable bonds is 8. The van der Waals surface area contributed by atoms with Crippen LogP contribution in [0.4, 0.5) is 0 Å². The van der Waals surface area contributed by atoms with Crippen molar-refractivity contribution in [3.8, 4) is 0 Å². The van der Waals surface area contributed by atoms with Gasteiger partial charge in [0.25, 0.3) is 0 Å². The third-order valence-electron chi connectivity index (χ3n) is 3.18. The lowest BCUT2D eigenvalue weighted by atomic mass is 9.88. The Kier molecular flexibility index (Phi) is 7.20. The molecule has 0 radical (unpaired) electrons. The molecule has 0 fully saturated rings. The Morgan fingerprint density at radius 2 is 1.93 bits per heavy atom. The summed E-state index contributed by atoms with van der Waals surface area (Å²) < 4.78 is 0. The smallest absolute Gasteiger partial charge is 0.0496 e. The van der Waals surface area contributed by atoms with Crippen LogP contribution in [0.25, 0.3) is 0 Å². The van der Waals surface area contributed by atoms with Gasteiger partial charge in [-0.15, -0.1) is 0 Å². The number of hydrogen-bond acceptors (Lipinski definition) is 2. The van der Waals surface area contributed by atoms with Gasteiger partial charge in [-0.05, 0) is 19.3 Å². The first-order valence-corrected chi connectivity index (χ1v) is 5.96. The van der Waals surface area contributed by atoms with Crippen LogP contribution in [0.2, 0.25) is 0 Å². The Bertz CT molecular complexity index is 132. The SMILES string of the molecule is CCCC(CC)NCC(C)(CC)CO. The highest BCUT2D eigenvalue weighted by atomic mass is 16.3. The summed E-state index contributed by atoms with van der Waals surface area (Å²) in [6.45, 7) is 9.92. The Morgan fingerprint density at radius 1 is 1.29 bits per heavy atom. The maximum atomic E-state index is 9.26. The Balaban J connectivity index is 3.87. The molecule has 0 bridgehead atoms. The maximum absolute atomic E-state index is 9.26. The van der Waals surface area contributed by atoms with Crippen molar-refractivity contribution in [3.63, 3.8) is 0 Å². The van der Waals surface area contributed by atoms with Gasteiger partial charge in [0.1, 0.15) is 0 Å². The van der Waals surface area contributed by atoms with Gasteiger partial charge in [0.15, 0.2) is 0 Å². The van der Waals surface area contributed by atoms with Crippen molar-refractivity contribution >= 4 is 0 Å². The Morgan fingerprint density at radius 3 is 2.29 bits per heavy atom. The Hall–Kier alpha value is -0.0800. The predicted octanol–water partition coefficient (Wildman–Crippen LogP) is 2.56. The molecule has 0 saturated heterocycles. The van der Waals surface area contributed by atoms with Crippen LogP contribution in [0.15, 0.2) is 0 Å². The van der Waals surface area contributed by atoms with Crippen LogP contribution in [-0.2, 0) is 0 Å². The first-order chi connectivity index (χ1) is 6.61. The van der Waals surface area contributed by atoms with E-state index in [4.69, 9.17) is 0 Å². The van der Waals surface area contributed by atoms with Crippen molar-refractivity contribution in [2.75, 3.05) is 13.2 Å². The third kappa shape index (κ3) is 4.97.